The molecule has 0 spiro atoms. The summed E-state index contributed by atoms with van der Waals surface area (Å²) in [5.74, 6) is 0.521. The van der Waals surface area contributed by atoms with Crippen LogP contribution < -0.4 is 15.2 Å². The van der Waals surface area contributed by atoms with Gasteiger partial charge in [0.15, 0.2) is 0 Å². The maximum absolute atomic E-state index is 6.13. The lowest BCUT2D eigenvalue weighted by atomic mass is 9.96. The summed E-state index contributed by atoms with van der Waals surface area (Å²) in [7, 11) is 0. The minimum absolute atomic E-state index is 0.313. The molecule has 0 saturated heterocycles. The molecule has 5 heteroatoms. The van der Waals surface area contributed by atoms with Gasteiger partial charge in [-0.15, -0.1) is 0 Å². The molecule has 0 atom stereocenters. The Hall–Kier alpha value is -1.36. The lowest BCUT2D eigenvalue weighted by molar-refractivity contribution is 0.191. The number of nitrogens with zero attached hydrogens (tertiary/aromatic N) is 2. The van der Waals surface area contributed by atoms with Gasteiger partial charge in [-0.2, -0.15) is 4.98 Å². The van der Waals surface area contributed by atoms with E-state index in [2.05, 4.69) is 9.97 Å². The Morgan fingerprint density at radius 3 is 2.53 bits per heavy atom. The maximum Gasteiger partial charge on any atom is 0.319 e. The number of hydrogen-bond acceptors (Lipinski definition) is 5. The Morgan fingerprint density at radius 2 is 1.94 bits per heavy atom. The molecule has 0 radical (unpaired) electrons. The Morgan fingerprint density at radius 1 is 1.24 bits per heavy atom. The summed E-state index contributed by atoms with van der Waals surface area (Å²) >= 11 is 0. The highest BCUT2D eigenvalue weighted by molar-refractivity contribution is 5.11. The van der Waals surface area contributed by atoms with E-state index in [0.717, 1.165) is 12.8 Å². The Kier molecular flexibility index (Phi) is 5.15. The van der Waals surface area contributed by atoms with E-state index in [9.17, 15) is 0 Å². The summed E-state index contributed by atoms with van der Waals surface area (Å²) in [6, 6.07) is 2.01. The third-order valence-corrected chi connectivity index (χ3v) is 2.80. The Labute approximate surface area is 102 Å². The number of rotatable bonds is 7. The third kappa shape index (κ3) is 4.19. The van der Waals surface area contributed by atoms with Gasteiger partial charge in [0.05, 0.1) is 6.61 Å². The van der Waals surface area contributed by atoms with E-state index in [0.29, 0.717) is 25.1 Å². The molecule has 0 aliphatic heterocycles. The fraction of sp³-hybridized carbons (Fsp3) is 0.667. The zero-order valence-electron chi connectivity index (χ0n) is 10.8. The number of hydrogen-bond donors (Lipinski definition) is 1. The average Bonchev–Trinajstić information content (AvgIpc) is 2.37. The predicted molar refractivity (Wildman–Crippen MR) is 66.2 cm³/mol. The van der Waals surface area contributed by atoms with Crippen molar-refractivity contribution in [3.63, 3.8) is 0 Å². The second kappa shape index (κ2) is 6.39. The van der Waals surface area contributed by atoms with E-state index in [1.807, 2.05) is 20.8 Å². The predicted octanol–water partition coefficient (Wildman–Crippen LogP) is 1.77. The van der Waals surface area contributed by atoms with Crippen LogP contribution in [-0.4, -0.2) is 28.7 Å². The van der Waals surface area contributed by atoms with Crippen molar-refractivity contribution in [2.75, 3.05) is 13.2 Å². The van der Waals surface area contributed by atoms with Crippen molar-refractivity contribution < 1.29 is 9.47 Å². The van der Waals surface area contributed by atoms with E-state index in [1.54, 1.807) is 12.3 Å². The van der Waals surface area contributed by atoms with Crippen LogP contribution in [0.15, 0.2) is 12.3 Å². The van der Waals surface area contributed by atoms with Gasteiger partial charge in [0, 0.05) is 17.8 Å². The van der Waals surface area contributed by atoms with Gasteiger partial charge in [-0.25, -0.2) is 4.98 Å². The fourth-order valence-electron chi connectivity index (χ4n) is 1.29. The highest BCUT2D eigenvalue weighted by atomic mass is 16.5. The van der Waals surface area contributed by atoms with E-state index < -0.39 is 0 Å². The van der Waals surface area contributed by atoms with Crippen LogP contribution in [0, 0.1) is 0 Å². The SMILES string of the molecule is CCOc1ccnc(OCC(N)(CC)CC)n1. The molecule has 0 saturated carbocycles. The molecule has 17 heavy (non-hydrogen) atoms. The smallest absolute Gasteiger partial charge is 0.319 e. The largest absolute Gasteiger partial charge is 0.478 e. The van der Waals surface area contributed by atoms with Crippen molar-refractivity contribution in [1.82, 2.24) is 9.97 Å². The van der Waals surface area contributed by atoms with Crippen LogP contribution in [0.5, 0.6) is 11.9 Å². The molecule has 96 valence electrons. The van der Waals surface area contributed by atoms with Gasteiger partial charge < -0.3 is 15.2 Å². The lowest BCUT2D eigenvalue weighted by Gasteiger charge is -2.25. The highest BCUT2D eigenvalue weighted by Crippen LogP contribution is 2.15. The number of nitrogens with two attached hydrogens (primary N) is 1. The molecule has 2 N–H and O–H groups in total. The number of aromatic nitrogens is 2. The van der Waals surface area contributed by atoms with Gasteiger partial charge in [0.25, 0.3) is 0 Å². The van der Waals surface area contributed by atoms with Crippen LogP contribution in [0.4, 0.5) is 0 Å². The van der Waals surface area contributed by atoms with E-state index in [4.69, 9.17) is 15.2 Å². The number of ether oxygens (including phenoxy) is 2. The van der Waals surface area contributed by atoms with Gasteiger partial charge in [0.2, 0.25) is 5.88 Å². The molecule has 0 unspecified atom stereocenters. The van der Waals surface area contributed by atoms with Crippen LogP contribution >= 0.6 is 0 Å². The fourth-order valence-corrected chi connectivity index (χ4v) is 1.29. The van der Waals surface area contributed by atoms with Crippen molar-refractivity contribution >= 4 is 0 Å². The van der Waals surface area contributed by atoms with E-state index >= 15 is 0 Å². The zero-order valence-corrected chi connectivity index (χ0v) is 10.8. The molecule has 1 aromatic rings. The van der Waals surface area contributed by atoms with Crippen molar-refractivity contribution in [1.29, 1.82) is 0 Å². The summed E-state index contributed by atoms with van der Waals surface area (Å²) in [6.07, 6.45) is 3.33. The van der Waals surface area contributed by atoms with Crippen molar-refractivity contribution in [3.8, 4) is 11.9 Å². The quantitative estimate of drug-likeness (QED) is 0.785. The van der Waals surface area contributed by atoms with Crippen molar-refractivity contribution in [3.05, 3.63) is 12.3 Å². The van der Waals surface area contributed by atoms with E-state index in [1.165, 1.54) is 0 Å². The van der Waals surface area contributed by atoms with Gasteiger partial charge >= 0.3 is 6.01 Å². The van der Waals surface area contributed by atoms with Crippen molar-refractivity contribution in [2.24, 2.45) is 5.73 Å². The summed E-state index contributed by atoms with van der Waals surface area (Å²) in [5, 5.41) is 0. The first kappa shape index (κ1) is 13.7. The van der Waals surface area contributed by atoms with Gasteiger partial charge in [-0.1, -0.05) is 13.8 Å². The Bertz CT molecular complexity index is 340. The van der Waals surface area contributed by atoms with Crippen LogP contribution in [0.2, 0.25) is 0 Å². The second-order valence-electron chi connectivity index (χ2n) is 3.97. The van der Waals surface area contributed by atoms with Crippen LogP contribution in [0.25, 0.3) is 0 Å². The normalized spacial score (nSPS) is 11.3. The molecule has 0 bridgehead atoms. The minimum Gasteiger partial charge on any atom is -0.478 e. The first-order valence-corrected chi connectivity index (χ1v) is 6.01. The zero-order chi connectivity index (χ0) is 12.7. The summed E-state index contributed by atoms with van der Waals surface area (Å²) < 4.78 is 10.8. The molecule has 0 aliphatic rings. The van der Waals surface area contributed by atoms with Crippen LogP contribution in [0.3, 0.4) is 0 Å². The molecule has 0 amide bonds. The summed E-state index contributed by atoms with van der Waals surface area (Å²) in [5.41, 5.74) is 5.81. The van der Waals surface area contributed by atoms with Crippen LogP contribution in [-0.2, 0) is 0 Å². The van der Waals surface area contributed by atoms with Gasteiger partial charge in [0.1, 0.15) is 6.61 Å². The first-order valence-electron chi connectivity index (χ1n) is 6.01. The molecular formula is C12H21N3O2. The third-order valence-electron chi connectivity index (χ3n) is 2.80. The standard InChI is InChI=1S/C12H21N3O2/c1-4-12(13,5-2)9-17-11-14-8-7-10(15-11)16-6-3/h7-8H,4-6,9,13H2,1-3H3. The minimum atomic E-state index is -0.315. The molecule has 0 aliphatic carbocycles. The topological polar surface area (TPSA) is 70.3 Å². The molecule has 5 nitrogen and oxygen atoms in total. The maximum atomic E-state index is 6.13. The average molecular weight is 239 g/mol. The molecule has 1 rings (SSSR count). The van der Waals surface area contributed by atoms with Crippen LogP contribution in [0.1, 0.15) is 33.6 Å². The Balaban J connectivity index is 2.59. The first-order chi connectivity index (χ1) is 8.13. The molecule has 0 aromatic carbocycles. The molecule has 1 aromatic heterocycles. The second-order valence-corrected chi connectivity index (χ2v) is 3.97. The highest BCUT2D eigenvalue weighted by Gasteiger charge is 2.21. The van der Waals surface area contributed by atoms with Gasteiger partial charge in [-0.3, -0.25) is 0 Å². The molecule has 0 fully saturated rings. The molecule has 1 heterocycles. The molecular weight excluding hydrogens is 218 g/mol. The van der Waals surface area contributed by atoms with Crippen molar-refractivity contribution in [2.45, 2.75) is 39.2 Å². The monoisotopic (exact) mass is 239 g/mol. The van der Waals surface area contributed by atoms with Gasteiger partial charge in [-0.05, 0) is 19.8 Å². The summed E-state index contributed by atoms with van der Waals surface area (Å²) in [4.78, 5) is 8.15. The summed E-state index contributed by atoms with van der Waals surface area (Å²) in [6.45, 7) is 6.98. The van der Waals surface area contributed by atoms with E-state index in [-0.39, 0.29) is 5.54 Å². The lowest BCUT2D eigenvalue weighted by Crippen LogP contribution is -2.44.